The number of aliphatic hydroxyl groups is 1. The number of ether oxygens (including phenoxy) is 1. The first kappa shape index (κ1) is 64.8. The van der Waals surface area contributed by atoms with Crippen molar-refractivity contribution in [2.24, 2.45) is 0 Å². The lowest BCUT2D eigenvalue weighted by atomic mass is 10.0. The maximum absolute atomic E-state index is 12.2. The van der Waals surface area contributed by atoms with Gasteiger partial charge in [-0.1, -0.05) is 264 Å². The van der Waals surface area contributed by atoms with Crippen molar-refractivity contribution < 1.29 is 37.9 Å². The normalized spacial score (nSPS) is 13.1. The molecule has 0 aromatic heterocycles. The van der Waals surface area contributed by atoms with Crippen LogP contribution in [0, 0.1) is 0 Å². The lowest BCUT2D eigenvalue weighted by Gasteiger charge is -2.15. The number of phosphoric acid groups is 1. The van der Waals surface area contributed by atoms with Gasteiger partial charge in [0.25, 0.3) is 0 Å². The molecular formula is C56H110NO8P. The van der Waals surface area contributed by atoms with Crippen molar-refractivity contribution in [1.29, 1.82) is 0 Å². The van der Waals surface area contributed by atoms with Gasteiger partial charge in [0.1, 0.15) is 12.7 Å². The summed E-state index contributed by atoms with van der Waals surface area (Å²) in [6.45, 7) is 3.63. The molecule has 392 valence electrons. The fraction of sp³-hybridized carbons (Fsp3) is 0.929. The molecule has 0 rings (SSSR count). The van der Waals surface area contributed by atoms with Crippen LogP contribution in [0.15, 0.2) is 12.2 Å². The molecule has 0 saturated carbocycles. The molecule has 0 aliphatic carbocycles. The van der Waals surface area contributed by atoms with Crippen LogP contribution in [0.2, 0.25) is 0 Å². The third kappa shape index (κ3) is 53.7. The molecule has 0 bridgehead atoms. The number of nitrogens with one attached hydrogen (secondary N) is 1. The van der Waals surface area contributed by atoms with Crippen LogP contribution in [0.4, 0.5) is 0 Å². The van der Waals surface area contributed by atoms with Gasteiger partial charge in [-0.05, 0) is 38.5 Å². The first-order valence-electron chi connectivity index (χ1n) is 28.7. The van der Waals surface area contributed by atoms with Crippen LogP contribution in [0.25, 0.3) is 0 Å². The van der Waals surface area contributed by atoms with Gasteiger partial charge < -0.3 is 20.1 Å². The highest BCUT2D eigenvalue weighted by molar-refractivity contribution is 7.47. The molecule has 0 spiro atoms. The molecule has 0 aromatic carbocycles. The van der Waals surface area contributed by atoms with Crippen molar-refractivity contribution in [3.05, 3.63) is 12.2 Å². The van der Waals surface area contributed by atoms with Crippen LogP contribution in [-0.4, -0.2) is 54.3 Å². The van der Waals surface area contributed by atoms with Gasteiger partial charge in [0.05, 0.1) is 13.2 Å². The van der Waals surface area contributed by atoms with E-state index in [1.54, 1.807) is 0 Å². The Morgan fingerprint density at radius 1 is 0.455 bits per heavy atom. The monoisotopic (exact) mass is 956 g/mol. The molecule has 0 aromatic rings. The van der Waals surface area contributed by atoms with Crippen LogP contribution in [0.5, 0.6) is 0 Å². The second-order valence-electron chi connectivity index (χ2n) is 19.6. The average Bonchev–Trinajstić information content (AvgIpc) is 3.31. The molecule has 9 nitrogen and oxygen atoms in total. The number of carbonyl (C=O) groups excluding carboxylic acids is 2. The molecule has 0 aliphatic heterocycles. The topological polar surface area (TPSA) is 131 Å². The van der Waals surface area contributed by atoms with Crippen molar-refractivity contribution in [2.75, 3.05) is 26.4 Å². The van der Waals surface area contributed by atoms with Crippen LogP contribution in [-0.2, 0) is 27.9 Å². The van der Waals surface area contributed by atoms with E-state index in [2.05, 4.69) is 31.3 Å². The second kappa shape index (κ2) is 53.1. The first-order chi connectivity index (χ1) is 32.3. The molecule has 0 aliphatic rings. The standard InChI is InChI=1S/C56H110NO8P/c1-3-5-7-9-11-13-15-17-19-21-23-25-27-29-31-33-35-37-39-41-43-45-47-49-56(60)63-52-54(58)53-65-66(61,62)64-51-50-57-55(59)48-46-44-42-40-38-36-34-32-30-28-26-24-22-20-18-16-14-12-10-8-6-4-2/h17,19,54,58H,3-16,18,20-53H2,1-2H3,(H,57,59)(H,61,62)/b19-17+. The van der Waals surface area contributed by atoms with Gasteiger partial charge in [0.2, 0.25) is 5.91 Å². The number of hydrogen-bond donors (Lipinski definition) is 3. The molecule has 0 heterocycles. The van der Waals surface area contributed by atoms with E-state index in [0.29, 0.717) is 6.42 Å². The minimum atomic E-state index is -4.42. The van der Waals surface area contributed by atoms with Gasteiger partial charge in [-0.3, -0.25) is 18.6 Å². The quantitative estimate of drug-likeness (QED) is 0.0238. The molecule has 0 saturated heterocycles. The van der Waals surface area contributed by atoms with Gasteiger partial charge in [0, 0.05) is 19.4 Å². The third-order valence-electron chi connectivity index (χ3n) is 12.9. The molecule has 1 amide bonds. The Morgan fingerprint density at radius 2 is 0.773 bits per heavy atom. The maximum Gasteiger partial charge on any atom is 0.472 e. The van der Waals surface area contributed by atoms with Crippen LogP contribution in [0.3, 0.4) is 0 Å². The van der Waals surface area contributed by atoms with Crippen LogP contribution < -0.4 is 5.32 Å². The molecule has 10 heteroatoms. The summed E-state index contributed by atoms with van der Waals surface area (Å²) in [4.78, 5) is 34.2. The van der Waals surface area contributed by atoms with Crippen molar-refractivity contribution in [1.82, 2.24) is 5.32 Å². The van der Waals surface area contributed by atoms with Gasteiger partial charge in [-0.25, -0.2) is 4.57 Å². The highest BCUT2D eigenvalue weighted by Gasteiger charge is 2.23. The predicted octanol–water partition coefficient (Wildman–Crippen LogP) is 17.3. The summed E-state index contributed by atoms with van der Waals surface area (Å²) >= 11 is 0. The van der Waals surface area contributed by atoms with E-state index in [1.165, 1.54) is 238 Å². The highest BCUT2D eigenvalue weighted by atomic mass is 31.2. The Labute approximate surface area is 408 Å². The number of aliphatic hydroxyl groups excluding tert-OH is 1. The highest BCUT2D eigenvalue weighted by Crippen LogP contribution is 2.43. The Morgan fingerprint density at radius 3 is 1.14 bits per heavy atom. The Hall–Kier alpha value is -1.25. The van der Waals surface area contributed by atoms with Crippen molar-refractivity contribution in [2.45, 2.75) is 309 Å². The Kier molecular flexibility index (Phi) is 52.1. The second-order valence-corrected chi connectivity index (χ2v) is 21.1. The van der Waals surface area contributed by atoms with Gasteiger partial charge >= 0.3 is 13.8 Å². The SMILES string of the molecule is CCCCCCCC/C=C/CCCCCCCCCCCCCCCC(=O)OCC(O)COP(=O)(O)OCCNC(=O)CCCCCCCCCCCCCCCCCCCCCCCC. The molecule has 3 N–H and O–H groups in total. The van der Waals surface area contributed by atoms with E-state index in [1.807, 2.05) is 0 Å². The molecule has 2 atom stereocenters. The fourth-order valence-electron chi connectivity index (χ4n) is 8.62. The zero-order valence-corrected chi connectivity index (χ0v) is 44.6. The number of esters is 1. The van der Waals surface area contributed by atoms with E-state index in [9.17, 15) is 24.2 Å². The van der Waals surface area contributed by atoms with E-state index in [0.717, 1.165) is 38.5 Å². The van der Waals surface area contributed by atoms with Crippen molar-refractivity contribution >= 4 is 19.7 Å². The zero-order chi connectivity index (χ0) is 48.1. The van der Waals surface area contributed by atoms with Crippen molar-refractivity contribution in [3.63, 3.8) is 0 Å². The third-order valence-corrected chi connectivity index (χ3v) is 13.9. The first-order valence-corrected chi connectivity index (χ1v) is 30.2. The number of amides is 1. The molecule has 2 unspecified atom stereocenters. The number of carbonyl (C=O) groups is 2. The molecule has 0 radical (unpaired) electrons. The molecule has 0 fully saturated rings. The molecule has 66 heavy (non-hydrogen) atoms. The van der Waals surface area contributed by atoms with Gasteiger partial charge in [-0.2, -0.15) is 0 Å². The van der Waals surface area contributed by atoms with Crippen molar-refractivity contribution in [3.8, 4) is 0 Å². The average molecular weight is 956 g/mol. The Balaban J connectivity index is 3.48. The number of unbranched alkanes of at least 4 members (excludes halogenated alkanes) is 40. The van der Waals surface area contributed by atoms with E-state index in [-0.39, 0.29) is 32.1 Å². The van der Waals surface area contributed by atoms with E-state index in [4.69, 9.17) is 13.8 Å². The van der Waals surface area contributed by atoms with E-state index >= 15 is 0 Å². The number of hydrogen-bond acceptors (Lipinski definition) is 7. The summed E-state index contributed by atoms with van der Waals surface area (Å²) in [5.74, 6) is -0.499. The smallest absolute Gasteiger partial charge is 0.463 e. The minimum Gasteiger partial charge on any atom is -0.463 e. The number of rotatable bonds is 55. The summed E-state index contributed by atoms with van der Waals surface area (Å²) in [5.41, 5.74) is 0. The van der Waals surface area contributed by atoms with Crippen LogP contribution >= 0.6 is 7.82 Å². The summed E-state index contributed by atoms with van der Waals surface area (Å²) in [5, 5.41) is 12.8. The minimum absolute atomic E-state index is 0.0877. The zero-order valence-electron chi connectivity index (χ0n) is 43.7. The van der Waals surface area contributed by atoms with E-state index < -0.39 is 26.5 Å². The Bertz CT molecular complexity index is 1090. The lowest BCUT2D eigenvalue weighted by Crippen LogP contribution is -2.27. The van der Waals surface area contributed by atoms with Gasteiger partial charge in [0.15, 0.2) is 0 Å². The fourth-order valence-corrected chi connectivity index (χ4v) is 9.37. The predicted molar refractivity (Wildman–Crippen MR) is 280 cm³/mol. The summed E-state index contributed by atoms with van der Waals surface area (Å²) in [6, 6.07) is 0. The van der Waals surface area contributed by atoms with Gasteiger partial charge in [-0.15, -0.1) is 0 Å². The maximum atomic E-state index is 12.2. The number of phosphoric ester groups is 1. The summed E-state index contributed by atoms with van der Waals surface area (Å²) in [7, 11) is -4.42. The molecular weight excluding hydrogens is 846 g/mol. The summed E-state index contributed by atoms with van der Waals surface area (Å²) in [6.07, 6.45) is 60.2. The van der Waals surface area contributed by atoms with Crippen LogP contribution in [0.1, 0.15) is 303 Å². The lowest BCUT2D eigenvalue weighted by molar-refractivity contribution is -0.147. The number of allylic oxidation sites excluding steroid dienone is 2. The largest absolute Gasteiger partial charge is 0.472 e. The summed E-state index contributed by atoms with van der Waals surface area (Å²) < 4.78 is 27.1.